The molecule has 0 bridgehead atoms. The highest BCUT2D eigenvalue weighted by atomic mass is 31.0. The van der Waals surface area contributed by atoms with E-state index < -0.39 is 0 Å². The highest BCUT2D eigenvalue weighted by molar-refractivity contribution is 7.27. The minimum atomic E-state index is -0.150. The Hall–Kier alpha value is -1.20. The second-order valence-electron chi connectivity index (χ2n) is 4.04. The molecule has 0 heterocycles. The Bertz CT molecular complexity index is 483. The SMILES string of the molecule is Cc1ccc(-c2ccc(C)c(P)c2)cc1F. The van der Waals surface area contributed by atoms with E-state index in [9.17, 15) is 4.39 Å². The van der Waals surface area contributed by atoms with Crippen molar-refractivity contribution < 1.29 is 4.39 Å². The highest BCUT2D eigenvalue weighted by Crippen LogP contribution is 2.22. The summed E-state index contributed by atoms with van der Waals surface area (Å²) in [5.41, 5.74) is 3.88. The van der Waals surface area contributed by atoms with E-state index in [0.29, 0.717) is 5.56 Å². The highest BCUT2D eigenvalue weighted by Gasteiger charge is 2.03. The van der Waals surface area contributed by atoms with Gasteiger partial charge in [-0.15, -0.1) is 9.24 Å². The number of benzene rings is 2. The summed E-state index contributed by atoms with van der Waals surface area (Å²) in [7, 11) is 2.70. The molecule has 0 amide bonds. The van der Waals surface area contributed by atoms with Gasteiger partial charge in [-0.2, -0.15) is 0 Å². The van der Waals surface area contributed by atoms with Crippen molar-refractivity contribution in [3.05, 3.63) is 53.3 Å². The standard InChI is InChI=1S/C14H14FP/c1-9-3-5-11(7-13(9)15)12-6-4-10(2)14(16)8-12/h3-8H,16H2,1-2H3. The fraction of sp³-hybridized carbons (Fsp3) is 0.143. The number of aryl methyl sites for hydroxylation is 2. The maximum Gasteiger partial charge on any atom is 0.126 e. The van der Waals surface area contributed by atoms with Gasteiger partial charge in [-0.3, -0.25) is 0 Å². The van der Waals surface area contributed by atoms with E-state index in [1.54, 1.807) is 13.0 Å². The van der Waals surface area contributed by atoms with Gasteiger partial charge in [-0.1, -0.05) is 24.3 Å². The van der Waals surface area contributed by atoms with Crippen LogP contribution in [0.1, 0.15) is 11.1 Å². The smallest absolute Gasteiger partial charge is 0.126 e. The topological polar surface area (TPSA) is 0 Å². The van der Waals surface area contributed by atoms with E-state index in [1.165, 1.54) is 5.56 Å². The molecule has 0 fully saturated rings. The third-order valence-electron chi connectivity index (χ3n) is 2.78. The molecule has 0 N–H and O–H groups in total. The van der Waals surface area contributed by atoms with E-state index in [-0.39, 0.29) is 5.82 Å². The summed E-state index contributed by atoms with van der Waals surface area (Å²) in [6.45, 7) is 3.83. The first-order valence-corrected chi connectivity index (χ1v) is 5.78. The molecule has 0 nitrogen and oxygen atoms in total. The molecule has 0 aliphatic heterocycles. The van der Waals surface area contributed by atoms with Crippen LogP contribution in [0, 0.1) is 19.7 Å². The van der Waals surface area contributed by atoms with Crippen molar-refractivity contribution in [1.29, 1.82) is 0 Å². The summed E-state index contributed by atoms with van der Waals surface area (Å²) in [6, 6.07) is 11.5. The summed E-state index contributed by atoms with van der Waals surface area (Å²) in [5, 5.41) is 1.15. The van der Waals surface area contributed by atoms with Crippen molar-refractivity contribution in [2.24, 2.45) is 0 Å². The fourth-order valence-corrected chi connectivity index (χ4v) is 1.87. The average molecular weight is 232 g/mol. The second-order valence-corrected chi connectivity index (χ2v) is 4.66. The van der Waals surface area contributed by atoms with E-state index >= 15 is 0 Å². The number of hydrogen-bond acceptors (Lipinski definition) is 0. The summed E-state index contributed by atoms with van der Waals surface area (Å²) in [5.74, 6) is -0.150. The van der Waals surface area contributed by atoms with Gasteiger partial charge < -0.3 is 0 Å². The molecule has 2 aromatic rings. The van der Waals surface area contributed by atoms with Gasteiger partial charge in [0.2, 0.25) is 0 Å². The lowest BCUT2D eigenvalue weighted by molar-refractivity contribution is 0.619. The Balaban J connectivity index is 2.50. The van der Waals surface area contributed by atoms with Gasteiger partial charge in [0.1, 0.15) is 5.82 Å². The molecule has 2 aromatic carbocycles. The van der Waals surface area contributed by atoms with Crippen LogP contribution in [0.3, 0.4) is 0 Å². The van der Waals surface area contributed by atoms with Crippen molar-refractivity contribution in [2.75, 3.05) is 0 Å². The van der Waals surface area contributed by atoms with Gasteiger partial charge in [-0.25, -0.2) is 4.39 Å². The van der Waals surface area contributed by atoms with Crippen LogP contribution in [-0.4, -0.2) is 0 Å². The molecule has 0 aromatic heterocycles. The molecule has 0 saturated heterocycles. The molecule has 2 heteroatoms. The Morgan fingerprint density at radius 1 is 0.875 bits per heavy atom. The maximum atomic E-state index is 13.4. The van der Waals surface area contributed by atoms with Gasteiger partial charge in [-0.05, 0) is 53.5 Å². The van der Waals surface area contributed by atoms with Crippen LogP contribution in [-0.2, 0) is 0 Å². The van der Waals surface area contributed by atoms with E-state index in [4.69, 9.17) is 0 Å². The molecule has 1 unspecified atom stereocenters. The lowest BCUT2D eigenvalue weighted by Crippen LogP contribution is -1.96. The van der Waals surface area contributed by atoms with Crippen LogP contribution in [0.4, 0.5) is 4.39 Å². The van der Waals surface area contributed by atoms with Crippen LogP contribution in [0.15, 0.2) is 36.4 Å². The zero-order valence-electron chi connectivity index (χ0n) is 9.42. The summed E-state index contributed by atoms with van der Waals surface area (Å²) >= 11 is 0. The second kappa shape index (κ2) is 4.35. The van der Waals surface area contributed by atoms with Crippen LogP contribution in [0.5, 0.6) is 0 Å². The molecule has 0 radical (unpaired) electrons. The predicted molar refractivity (Wildman–Crippen MR) is 70.7 cm³/mol. The van der Waals surface area contributed by atoms with Gasteiger partial charge in [0.25, 0.3) is 0 Å². The van der Waals surface area contributed by atoms with Gasteiger partial charge >= 0.3 is 0 Å². The van der Waals surface area contributed by atoms with Gasteiger partial charge in [0.05, 0.1) is 0 Å². The normalized spacial score (nSPS) is 10.5. The first kappa shape index (κ1) is 11.3. The van der Waals surface area contributed by atoms with Gasteiger partial charge in [0.15, 0.2) is 0 Å². The molecule has 0 spiro atoms. The first-order valence-electron chi connectivity index (χ1n) is 5.20. The molecular weight excluding hydrogens is 218 g/mol. The summed E-state index contributed by atoms with van der Waals surface area (Å²) in [6.07, 6.45) is 0. The molecule has 16 heavy (non-hydrogen) atoms. The number of hydrogen-bond donors (Lipinski definition) is 0. The third kappa shape index (κ3) is 2.15. The Kier molecular flexibility index (Phi) is 3.07. The van der Waals surface area contributed by atoms with E-state index in [0.717, 1.165) is 16.4 Å². The van der Waals surface area contributed by atoms with Crippen LogP contribution < -0.4 is 5.30 Å². The zero-order chi connectivity index (χ0) is 11.7. The van der Waals surface area contributed by atoms with E-state index in [2.05, 4.69) is 28.3 Å². The largest absolute Gasteiger partial charge is 0.207 e. The maximum absolute atomic E-state index is 13.4. The average Bonchev–Trinajstić information content (AvgIpc) is 2.26. The van der Waals surface area contributed by atoms with E-state index in [1.807, 2.05) is 18.2 Å². The van der Waals surface area contributed by atoms with Crippen LogP contribution >= 0.6 is 9.24 Å². The monoisotopic (exact) mass is 232 g/mol. The molecular formula is C14H14FP. The van der Waals surface area contributed by atoms with Crippen molar-refractivity contribution in [3.63, 3.8) is 0 Å². The van der Waals surface area contributed by atoms with Crippen molar-refractivity contribution in [2.45, 2.75) is 13.8 Å². The van der Waals surface area contributed by atoms with Crippen molar-refractivity contribution in [1.82, 2.24) is 0 Å². The molecule has 2 rings (SSSR count). The Morgan fingerprint density at radius 2 is 1.44 bits per heavy atom. The quantitative estimate of drug-likeness (QED) is 0.659. The third-order valence-corrected chi connectivity index (χ3v) is 3.41. The Labute approximate surface area is 97.7 Å². The van der Waals surface area contributed by atoms with Crippen LogP contribution in [0.25, 0.3) is 11.1 Å². The summed E-state index contributed by atoms with van der Waals surface area (Å²) < 4.78 is 13.4. The molecule has 0 aliphatic carbocycles. The zero-order valence-corrected chi connectivity index (χ0v) is 10.6. The minimum absolute atomic E-state index is 0.150. The van der Waals surface area contributed by atoms with Crippen molar-refractivity contribution in [3.8, 4) is 11.1 Å². The number of rotatable bonds is 1. The molecule has 82 valence electrons. The summed E-state index contributed by atoms with van der Waals surface area (Å²) in [4.78, 5) is 0. The number of halogens is 1. The predicted octanol–water partition coefficient (Wildman–Crippen LogP) is 3.61. The molecule has 1 atom stereocenters. The van der Waals surface area contributed by atoms with Crippen molar-refractivity contribution >= 4 is 14.5 Å². The molecule has 0 aliphatic rings. The van der Waals surface area contributed by atoms with Crippen LogP contribution in [0.2, 0.25) is 0 Å². The molecule has 0 saturated carbocycles. The lowest BCUT2D eigenvalue weighted by atomic mass is 10.0. The minimum Gasteiger partial charge on any atom is -0.207 e. The van der Waals surface area contributed by atoms with Gasteiger partial charge in [0, 0.05) is 0 Å². The Morgan fingerprint density at radius 3 is 2.00 bits per heavy atom. The fourth-order valence-electron chi connectivity index (χ4n) is 1.59. The first-order chi connectivity index (χ1) is 7.58. The lowest BCUT2D eigenvalue weighted by Gasteiger charge is -2.06.